The quantitative estimate of drug-likeness (QED) is 0.564. The highest BCUT2D eigenvalue weighted by atomic mass is 32.2. The van der Waals surface area contributed by atoms with Crippen LogP contribution in [0.25, 0.3) is 0 Å². The Morgan fingerprint density at radius 3 is 2.57 bits per heavy atom. The fraction of sp³-hybridized carbons (Fsp3) is 0.333. The number of thiocarbonyl (C=S) groups is 2. The van der Waals surface area contributed by atoms with Gasteiger partial charge in [0.25, 0.3) is 0 Å². The molecule has 0 amide bonds. The van der Waals surface area contributed by atoms with Gasteiger partial charge < -0.3 is 5.32 Å². The van der Waals surface area contributed by atoms with Crippen molar-refractivity contribution < 1.29 is 0 Å². The maximum absolute atomic E-state index is 4.71. The van der Waals surface area contributed by atoms with Crippen molar-refractivity contribution in [3.63, 3.8) is 0 Å². The van der Waals surface area contributed by atoms with Gasteiger partial charge in [-0.15, -0.1) is 11.8 Å². The van der Waals surface area contributed by atoms with Crippen LogP contribution in [0.2, 0.25) is 0 Å². The Hall–Kier alpha value is 0.330. The first-order valence-electron chi connectivity index (χ1n) is 1.59. The highest BCUT2D eigenvalue weighted by Gasteiger charge is 1.82. The number of hydrogen-bond donors (Lipinski definition) is 1. The van der Waals surface area contributed by atoms with E-state index in [9.17, 15) is 0 Å². The van der Waals surface area contributed by atoms with Crippen LogP contribution in [-0.4, -0.2) is 16.1 Å². The molecule has 0 aliphatic rings. The third kappa shape index (κ3) is 4.18. The van der Waals surface area contributed by atoms with Crippen molar-refractivity contribution in [2.45, 2.75) is 0 Å². The zero-order valence-corrected chi connectivity index (χ0v) is 6.25. The molecule has 0 heterocycles. The number of hydrogen-bond acceptors (Lipinski definition) is 3. The Morgan fingerprint density at radius 1 is 1.86 bits per heavy atom. The van der Waals surface area contributed by atoms with Gasteiger partial charge in [0.05, 0.1) is 5.49 Å². The Balaban J connectivity index is 3.17. The van der Waals surface area contributed by atoms with E-state index in [2.05, 4.69) is 17.5 Å². The number of thioether (sulfide) groups is 1. The second-order valence-electron chi connectivity index (χ2n) is 0.754. The predicted octanol–water partition coefficient (Wildman–Crippen LogP) is 1.18. The first-order chi connectivity index (χ1) is 3.31. The average Bonchev–Trinajstić information content (AvgIpc) is 1.68. The average molecular weight is 151 g/mol. The van der Waals surface area contributed by atoms with E-state index >= 15 is 0 Å². The summed E-state index contributed by atoms with van der Waals surface area (Å²) < 4.78 is 0.718. The van der Waals surface area contributed by atoms with Gasteiger partial charge in [0.15, 0.2) is 0 Å². The third-order valence-electron chi connectivity index (χ3n) is 0.362. The molecule has 0 saturated carbocycles. The summed E-state index contributed by atoms with van der Waals surface area (Å²) >= 11 is 10.6. The van der Waals surface area contributed by atoms with Crippen LogP contribution in [0.1, 0.15) is 0 Å². The molecule has 1 N–H and O–H groups in total. The van der Waals surface area contributed by atoms with E-state index in [0.717, 1.165) is 4.32 Å². The van der Waals surface area contributed by atoms with Crippen molar-refractivity contribution in [3.05, 3.63) is 0 Å². The SMILES string of the molecule is CSC(=S)NC=S. The van der Waals surface area contributed by atoms with E-state index in [4.69, 9.17) is 12.2 Å². The second kappa shape index (κ2) is 4.49. The summed E-state index contributed by atoms with van der Waals surface area (Å²) in [6.07, 6.45) is 1.90. The maximum Gasteiger partial charge on any atom is 0.138 e. The second-order valence-corrected chi connectivity index (χ2v) is 2.47. The van der Waals surface area contributed by atoms with Gasteiger partial charge in [0.2, 0.25) is 0 Å². The van der Waals surface area contributed by atoms with Crippen molar-refractivity contribution in [1.29, 1.82) is 0 Å². The highest BCUT2D eigenvalue weighted by molar-refractivity contribution is 8.22. The van der Waals surface area contributed by atoms with Crippen LogP contribution in [-0.2, 0) is 0 Å². The fourth-order valence-corrected chi connectivity index (χ4v) is 0.610. The van der Waals surface area contributed by atoms with Crippen LogP contribution in [0.5, 0.6) is 0 Å². The van der Waals surface area contributed by atoms with Crippen LogP contribution in [0.3, 0.4) is 0 Å². The summed E-state index contributed by atoms with van der Waals surface area (Å²) in [5.41, 5.74) is 1.40. The van der Waals surface area contributed by atoms with Gasteiger partial charge in [0.1, 0.15) is 4.32 Å². The minimum Gasteiger partial charge on any atom is -0.338 e. The topological polar surface area (TPSA) is 12.0 Å². The normalized spacial score (nSPS) is 7.57. The monoisotopic (exact) mass is 151 g/mol. The van der Waals surface area contributed by atoms with Gasteiger partial charge in [-0.05, 0) is 6.26 Å². The molecule has 0 radical (unpaired) electrons. The van der Waals surface area contributed by atoms with E-state index in [1.165, 1.54) is 17.3 Å². The summed E-state index contributed by atoms with van der Waals surface area (Å²) in [6.45, 7) is 0. The van der Waals surface area contributed by atoms with Crippen molar-refractivity contribution in [2.24, 2.45) is 0 Å². The van der Waals surface area contributed by atoms with Crippen LogP contribution in [0, 0.1) is 0 Å². The van der Waals surface area contributed by atoms with Gasteiger partial charge in [-0.3, -0.25) is 0 Å². The lowest BCUT2D eigenvalue weighted by Crippen LogP contribution is -2.13. The fourth-order valence-electron chi connectivity index (χ4n) is 0.107. The molecule has 0 rings (SSSR count). The maximum atomic E-state index is 4.71. The van der Waals surface area contributed by atoms with Crippen molar-refractivity contribution in [1.82, 2.24) is 5.32 Å². The molecule has 0 unspecified atom stereocenters. The molecule has 0 aliphatic heterocycles. The third-order valence-corrected chi connectivity index (χ3v) is 1.59. The first kappa shape index (κ1) is 7.33. The lowest BCUT2D eigenvalue weighted by molar-refractivity contribution is 1.56. The molecule has 0 spiro atoms. The van der Waals surface area contributed by atoms with Crippen molar-refractivity contribution in [2.75, 3.05) is 6.26 Å². The van der Waals surface area contributed by atoms with Crippen molar-refractivity contribution in [3.8, 4) is 0 Å². The highest BCUT2D eigenvalue weighted by Crippen LogP contribution is 1.90. The van der Waals surface area contributed by atoms with Crippen LogP contribution in [0.15, 0.2) is 0 Å². The number of rotatable bonds is 1. The Kier molecular flexibility index (Phi) is 4.70. The molecule has 4 heteroatoms. The van der Waals surface area contributed by atoms with Gasteiger partial charge in [-0.1, -0.05) is 24.4 Å². The Labute approximate surface area is 57.9 Å². The molecule has 0 aromatic heterocycles. The lowest BCUT2D eigenvalue weighted by Gasteiger charge is -1.91. The standard InChI is InChI=1S/C3H5NS3/c1-7-3(6)4-2-5/h2H,1H3,(H,4,5,6). The van der Waals surface area contributed by atoms with Gasteiger partial charge in [-0.25, -0.2) is 0 Å². The van der Waals surface area contributed by atoms with Gasteiger partial charge >= 0.3 is 0 Å². The minimum atomic E-state index is 0.718. The summed E-state index contributed by atoms with van der Waals surface area (Å²) in [7, 11) is 0. The zero-order valence-electron chi connectivity index (χ0n) is 3.80. The van der Waals surface area contributed by atoms with E-state index in [0.29, 0.717) is 0 Å². The van der Waals surface area contributed by atoms with Gasteiger partial charge in [-0.2, -0.15) is 0 Å². The Morgan fingerprint density at radius 2 is 2.43 bits per heavy atom. The van der Waals surface area contributed by atoms with Gasteiger partial charge in [0, 0.05) is 0 Å². The molecule has 0 aliphatic carbocycles. The molecule has 7 heavy (non-hydrogen) atoms. The van der Waals surface area contributed by atoms with Crippen molar-refractivity contribution >= 4 is 46.0 Å². The largest absolute Gasteiger partial charge is 0.338 e. The van der Waals surface area contributed by atoms with Crippen LogP contribution in [0.4, 0.5) is 0 Å². The Bertz CT molecular complexity index is 80.2. The van der Waals surface area contributed by atoms with E-state index in [1.807, 2.05) is 6.26 Å². The summed E-state index contributed by atoms with van der Waals surface area (Å²) in [6, 6.07) is 0. The molecule has 0 saturated heterocycles. The summed E-state index contributed by atoms with van der Waals surface area (Å²) in [5, 5.41) is 2.68. The molecular formula is C3H5NS3. The number of nitrogens with one attached hydrogen (secondary N) is 1. The molecule has 40 valence electrons. The van der Waals surface area contributed by atoms with E-state index < -0.39 is 0 Å². The van der Waals surface area contributed by atoms with Crippen LogP contribution < -0.4 is 5.32 Å². The molecule has 1 nitrogen and oxygen atoms in total. The van der Waals surface area contributed by atoms with E-state index in [1.54, 1.807) is 0 Å². The van der Waals surface area contributed by atoms with E-state index in [-0.39, 0.29) is 0 Å². The molecule has 0 bridgehead atoms. The summed E-state index contributed by atoms with van der Waals surface area (Å²) in [5.74, 6) is 0. The smallest absolute Gasteiger partial charge is 0.138 e. The minimum absolute atomic E-state index is 0.718. The lowest BCUT2D eigenvalue weighted by atomic mass is 11.2. The molecule has 0 aromatic carbocycles. The molecule has 0 fully saturated rings. The zero-order chi connectivity index (χ0) is 5.70. The molecule has 0 atom stereocenters. The summed E-state index contributed by atoms with van der Waals surface area (Å²) in [4.78, 5) is 0. The molecule has 0 aromatic rings. The molecular weight excluding hydrogens is 146 g/mol. The van der Waals surface area contributed by atoms with Crippen LogP contribution >= 0.6 is 36.2 Å². The predicted molar refractivity (Wildman–Crippen MR) is 42.9 cm³/mol. The first-order valence-corrected chi connectivity index (χ1v) is 3.70.